The zero-order chi connectivity index (χ0) is 13.9. The summed E-state index contributed by atoms with van der Waals surface area (Å²) in [7, 11) is 3.00. The molecule has 0 saturated carbocycles. The van der Waals surface area contributed by atoms with Crippen LogP contribution in [0.2, 0.25) is 0 Å². The lowest BCUT2D eigenvalue weighted by molar-refractivity contribution is -0.190. The number of hydrogen-bond acceptors (Lipinski definition) is 5. The Morgan fingerprint density at radius 3 is 2.74 bits per heavy atom. The summed E-state index contributed by atoms with van der Waals surface area (Å²) in [5.74, 6) is -0.865. The molecule has 1 heterocycles. The highest BCUT2D eigenvalue weighted by Crippen LogP contribution is 2.30. The number of cyclic esters (lactones) is 1. The molecule has 1 aliphatic heterocycles. The number of aromatic hydroxyl groups is 1. The standard InChI is InChI=1S/C14H16O5/c1-17-12-9-10(3-4-11(12)15)5-7-14(18-2)8-6-13(16)19-14/h3-4,6,8-9,15H,5,7H2,1-2H3. The molecule has 1 aliphatic rings. The van der Waals surface area contributed by atoms with Crippen molar-refractivity contribution in [3.8, 4) is 11.5 Å². The first-order chi connectivity index (χ1) is 9.08. The van der Waals surface area contributed by atoms with Crippen LogP contribution in [0.1, 0.15) is 12.0 Å². The number of ether oxygens (including phenoxy) is 3. The van der Waals surface area contributed by atoms with Crippen LogP contribution >= 0.6 is 0 Å². The molecule has 0 spiro atoms. The molecule has 19 heavy (non-hydrogen) atoms. The molecule has 5 nitrogen and oxygen atoms in total. The van der Waals surface area contributed by atoms with E-state index in [4.69, 9.17) is 14.2 Å². The first-order valence-corrected chi connectivity index (χ1v) is 5.92. The minimum Gasteiger partial charge on any atom is -0.504 e. The zero-order valence-corrected chi connectivity index (χ0v) is 10.9. The van der Waals surface area contributed by atoms with E-state index in [0.717, 1.165) is 5.56 Å². The van der Waals surface area contributed by atoms with E-state index in [1.54, 1.807) is 24.3 Å². The van der Waals surface area contributed by atoms with E-state index in [0.29, 0.717) is 18.6 Å². The van der Waals surface area contributed by atoms with Gasteiger partial charge in [0.25, 0.3) is 0 Å². The number of carbonyl (C=O) groups is 1. The fourth-order valence-electron chi connectivity index (χ4n) is 1.98. The summed E-state index contributed by atoms with van der Waals surface area (Å²) in [6.07, 6.45) is 4.11. The Morgan fingerprint density at radius 1 is 1.37 bits per heavy atom. The van der Waals surface area contributed by atoms with Gasteiger partial charge in [-0.05, 0) is 30.2 Å². The van der Waals surface area contributed by atoms with Crippen LogP contribution in [0.3, 0.4) is 0 Å². The van der Waals surface area contributed by atoms with Gasteiger partial charge in [0.05, 0.1) is 7.11 Å². The Morgan fingerprint density at radius 2 is 2.16 bits per heavy atom. The number of rotatable bonds is 5. The van der Waals surface area contributed by atoms with Gasteiger partial charge in [0.2, 0.25) is 5.79 Å². The maximum Gasteiger partial charge on any atom is 0.333 e. The van der Waals surface area contributed by atoms with Crippen LogP contribution in [0, 0.1) is 0 Å². The highest BCUT2D eigenvalue weighted by molar-refractivity contribution is 5.84. The molecule has 0 fully saturated rings. The molecule has 1 aromatic rings. The predicted octanol–water partition coefficient (Wildman–Crippen LogP) is 1.79. The topological polar surface area (TPSA) is 65.0 Å². The van der Waals surface area contributed by atoms with Gasteiger partial charge in [-0.3, -0.25) is 0 Å². The SMILES string of the molecule is COc1cc(CCC2(OC)C=CC(=O)O2)ccc1O. The third-order valence-corrected chi connectivity index (χ3v) is 3.10. The summed E-state index contributed by atoms with van der Waals surface area (Å²) in [5.41, 5.74) is 0.961. The van der Waals surface area contributed by atoms with Crippen LogP contribution < -0.4 is 4.74 Å². The van der Waals surface area contributed by atoms with E-state index in [-0.39, 0.29) is 5.75 Å². The van der Waals surface area contributed by atoms with Crippen molar-refractivity contribution in [1.82, 2.24) is 0 Å². The number of hydrogen-bond donors (Lipinski definition) is 1. The van der Waals surface area contributed by atoms with Crippen LogP contribution in [0.15, 0.2) is 30.4 Å². The molecule has 0 aliphatic carbocycles. The van der Waals surface area contributed by atoms with Crippen molar-refractivity contribution in [2.75, 3.05) is 14.2 Å². The summed E-state index contributed by atoms with van der Waals surface area (Å²) in [5, 5.41) is 9.52. The smallest absolute Gasteiger partial charge is 0.333 e. The maximum atomic E-state index is 11.1. The highest BCUT2D eigenvalue weighted by atomic mass is 16.7. The molecule has 1 aromatic carbocycles. The van der Waals surface area contributed by atoms with Crippen molar-refractivity contribution < 1.29 is 24.1 Å². The predicted molar refractivity (Wildman–Crippen MR) is 68.0 cm³/mol. The van der Waals surface area contributed by atoms with Crippen LogP contribution in [-0.4, -0.2) is 31.1 Å². The maximum absolute atomic E-state index is 11.1. The molecule has 1 unspecified atom stereocenters. The molecular formula is C14H16O5. The molecule has 0 aromatic heterocycles. The fraction of sp³-hybridized carbons (Fsp3) is 0.357. The first kappa shape index (κ1) is 13.4. The lowest BCUT2D eigenvalue weighted by Crippen LogP contribution is -2.31. The van der Waals surface area contributed by atoms with Crippen LogP contribution in [0.25, 0.3) is 0 Å². The summed E-state index contributed by atoms with van der Waals surface area (Å²) in [6, 6.07) is 5.12. The Hall–Kier alpha value is -2.01. The van der Waals surface area contributed by atoms with E-state index in [9.17, 15) is 9.90 Å². The number of esters is 1. The summed E-state index contributed by atoms with van der Waals surface area (Å²) in [4.78, 5) is 11.1. The van der Waals surface area contributed by atoms with Gasteiger partial charge in [-0.1, -0.05) is 6.07 Å². The normalized spacial score (nSPS) is 21.5. The average molecular weight is 264 g/mol. The quantitative estimate of drug-likeness (QED) is 0.821. The van der Waals surface area contributed by atoms with E-state index in [2.05, 4.69) is 0 Å². The zero-order valence-electron chi connectivity index (χ0n) is 10.9. The van der Waals surface area contributed by atoms with Crippen LogP contribution in [0.5, 0.6) is 11.5 Å². The number of phenolic OH excluding ortho intramolecular Hbond substituents is 1. The van der Waals surface area contributed by atoms with Gasteiger partial charge in [0.15, 0.2) is 11.5 Å². The molecule has 1 N–H and O–H groups in total. The lowest BCUT2D eigenvalue weighted by Gasteiger charge is -2.24. The molecule has 0 saturated heterocycles. The third-order valence-electron chi connectivity index (χ3n) is 3.10. The largest absolute Gasteiger partial charge is 0.504 e. The van der Waals surface area contributed by atoms with Gasteiger partial charge in [0, 0.05) is 19.6 Å². The van der Waals surface area contributed by atoms with Gasteiger partial charge < -0.3 is 19.3 Å². The van der Waals surface area contributed by atoms with E-state index >= 15 is 0 Å². The second-order valence-corrected chi connectivity index (χ2v) is 4.28. The lowest BCUT2D eigenvalue weighted by atomic mass is 10.0. The molecule has 0 radical (unpaired) electrons. The van der Waals surface area contributed by atoms with Crippen molar-refractivity contribution >= 4 is 5.97 Å². The van der Waals surface area contributed by atoms with Crippen molar-refractivity contribution in [1.29, 1.82) is 0 Å². The molecule has 2 rings (SSSR count). The monoisotopic (exact) mass is 264 g/mol. The van der Waals surface area contributed by atoms with Gasteiger partial charge in [0.1, 0.15) is 0 Å². The van der Waals surface area contributed by atoms with E-state index in [1.165, 1.54) is 20.3 Å². The van der Waals surface area contributed by atoms with Crippen molar-refractivity contribution in [3.05, 3.63) is 35.9 Å². The number of carbonyl (C=O) groups excluding carboxylic acids is 1. The van der Waals surface area contributed by atoms with Crippen molar-refractivity contribution in [3.63, 3.8) is 0 Å². The van der Waals surface area contributed by atoms with Gasteiger partial charge in [-0.15, -0.1) is 0 Å². The molecule has 1 atom stereocenters. The Kier molecular flexibility index (Phi) is 3.76. The van der Waals surface area contributed by atoms with Crippen molar-refractivity contribution in [2.24, 2.45) is 0 Å². The Labute approximate surface area is 111 Å². The first-order valence-electron chi connectivity index (χ1n) is 5.92. The molecule has 5 heteroatoms. The summed E-state index contributed by atoms with van der Waals surface area (Å²) >= 11 is 0. The second kappa shape index (κ2) is 5.32. The molecule has 102 valence electrons. The van der Waals surface area contributed by atoms with Crippen LogP contribution in [-0.2, 0) is 20.7 Å². The average Bonchev–Trinajstić information content (AvgIpc) is 2.80. The Balaban J connectivity index is 2.06. The Bertz CT molecular complexity index is 509. The van der Waals surface area contributed by atoms with Gasteiger partial charge in [-0.2, -0.15) is 0 Å². The minimum atomic E-state index is -0.984. The summed E-state index contributed by atoms with van der Waals surface area (Å²) < 4.78 is 15.5. The number of benzene rings is 1. The van der Waals surface area contributed by atoms with E-state index in [1.807, 2.05) is 0 Å². The van der Waals surface area contributed by atoms with Gasteiger partial charge >= 0.3 is 5.97 Å². The molecular weight excluding hydrogens is 248 g/mol. The minimum absolute atomic E-state index is 0.0971. The number of methoxy groups -OCH3 is 2. The van der Waals surface area contributed by atoms with E-state index < -0.39 is 11.8 Å². The second-order valence-electron chi connectivity index (χ2n) is 4.28. The summed E-state index contributed by atoms with van der Waals surface area (Å²) in [6.45, 7) is 0. The van der Waals surface area contributed by atoms with Crippen LogP contribution in [0.4, 0.5) is 0 Å². The number of phenols is 1. The third kappa shape index (κ3) is 2.88. The highest BCUT2D eigenvalue weighted by Gasteiger charge is 2.35. The fourth-order valence-corrected chi connectivity index (χ4v) is 1.98. The van der Waals surface area contributed by atoms with Crippen molar-refractivity contribution in [2.45, 2.75) is 18.6 Å². The van der Waals surface area contributed by atoms with Gasteiger partial charge in [-0.25, -0.2) is 4.79 Å². The molecule has 0 amide bonds. The number of aryl methyl sites for hydroxylation is 1. The molecule has 0 bridgehead atoms.